The number of H-pyrrole nitrogens is 1. The molecule has 32 heavy (non-hydrogen) atoms. The molecule has 1 aromatic heterocycles. The molecule has 0 saturated carbocycles. The molecule has 3 aromatic rings. The predicted octanol–water partition coefficient (Wildman–Crippen LogP) is 2.62. The molecular weight excluding hydrogens is 484 g/mol. The first-order valence-corrected chi connectivity index (χ1v) is 10.3. The highest BCUT2D eigenvalue weighted by Gasteiger charge is 2.17. The number of aromatic nitrogens is 2. The van der Waals surface area contributed by atoms with Gasteiger partial charge in [-0.25, -0.2) is 9.36 Å². The molecule has 0 bridgehead atoms. The number of non-ortho nitro benzene ring substituents is 1. The van der Waals surface area contributed by atoms with Crippen molar-refractivity contribution in [1.29, 1.82) is 0 Å². The zero-order valence-electron chi connectivity index (χ0n) is 16.9. The minimum Gasteiger partial charge on any atom is -0.493 e. The van der Waals surface area contributed by atoms with Gasteiger partial charge in [0.05, 0.1) is 23.3 Å². The smallest absolute Gasteiger partial charge is 0.335 e. The Morgan fingerprint density at radius 1 is 1.25 bits per heavy atom. The number of hydrogen-bond acceptors (Lipinski definition) is 7. The van der Waals surface area contributed by atoms with E-state index in [4.69, 9.17) is 0 Å². The summed E-state index contributed by atoms with van der Waals surface area (Å²) in [6, 6.07) is 10.5. The first kappa shape index (κ1) is 23.1. The average Bonchev–Trinajstić information content (AvgIpc) is 2.76. The van der Waals surface area contributed by atoms with E-state index in [0.717, 1.165) is 20.8 Å². The number of hydrogen-bond donors (Lipinski definition) is 3. The van der Waals surface area contributed by atoms with Crippen molar-refractivity contribution in [3.8, 4) is 11.6 Å². The standard InChI is InChI=1S/C21H19BrN4O6/c1-2-12-9-14(22)5-8-17(12)25-20(29)16(19(28)24-21(25)30)10-23-11-18(27)13-3-6-15(7-4-13)26(31)32/h3-10,18,27,29H,2,11H2,1H3,(H,24,28,30)/t18-/m0/s1. The summed E-state index contributed by atoms with van der Waals surface area (Å²) in [5.74, 6) is -0.579. The van der Waals surface area contributed by atoms with Gasteiger partial charge in [0.2, 0.25) is 5.88 Å². The van der Waals surface area contributed by atoms with E-state index < -0.39 is 28.2 Å². The molecule has 0 aliphatic carbocycles. The van der Waals surface area contributed by atoms with Crippen molar-refractivity contribution in [1.82, 2.24) is 9.55 Å². The molecule has 0 radical (unpaired) electrons. The first-order valence-electron chi connectivity index (χ1n) is 9.52. The van der Waals surface area contributed by atoms with Crippen molar-refractivity contribution in [3.63, 3.8) is 0 Å². The number of aryl methyl sites for hydroxylation is 1. The highest BCUT2D eigenvalue weighted by Crippen LogP contribution is 2.23. The summed E-state index contributed by atoms with van der Waals surface area (Å²) in [4.78, 5) is 41.0. The van der Waals surface area contributed by atoms with Gasteiger partial charge in [-0.15, -0.1) is 0 Å². The lowest BCUT2D eigenvalue weighted by Crippen LogP contribution is -2.31. The molecule has 10 nitrogen and oxygen atoms in total. The fraction of sp³-hybridized carbons (Fsp3) is 0.190. The predicted molar refractivity (Wildman–Crippen MR) is 122 cm³/mol. The Labute approximate surface area is 189 Å². The van der Waals surface area contributed by atoms with Gasteiger partial charge in [0, 0.05) is 22.8 Å². The van der Waals surface area contributed by atoms with Crippen LogP contribution in [0.4, 0.5) is 5.69 Å². The van der Waals surface area contributed by atoms with Crippen molar-refractivity contribution in [2.45, 2.75) is 19.4 Å². The molecule has 3 N–H and O–H groups in total. The van der Waals surface area contributed by atoms with E-state index in [-0.39, 0.29) is 17.8 Å². The van der Waals surface area contributed by atoms with E-state index >= 15 is 0 Å². The molecule has 0 spiro atoms. The molecule has 0 fully saturated rings. The number of aliphatic hydroxyl groups excluding tert-OH is 1. The summed E-state index contributed by atoms with van der Waals surface area (Å²) in [6.45, 7) is 1.72. The van der Waals surface area contributed by atoms with Crippen LogP contribution in [0.5, 0.6) is 5.88 Å². The Morgan fingerprint density at radius 2 is 1.94 bits per heavy atom. The molecule has 0 aliphatic rings. The molecule has 3 rings (SSSR count). The Kier molecular flexibility index (Phi) is 7.01. The van der Waals surface area contributed by atoms with Crippen LogP contribution < -0.4 is 11.2 Å². The van der Waals surface area contributed by atoms with Gasteiger partial charge in [0.1, 0.15) is 5.56 Å². The van der Waals surface area contributed by atoms with Crippen LogP contribution in [0, 0.1) is 10.1 Å². The van der Waals surface area contributed by atoms with Crippen molar-refractivity contribution >= 4 is 27.8 Å². The maximum absolute atomic E-state index is 12.4. The van der Waals surface area contributed by atoms with E-state index in [2.05, 4.69) is 25.9 Å². The van der Waals surface area contributed by atoms with E-state index in [9.17, 15) is 29.9 Å². The third kappa shape index (κ3) is 4.84. The number of aliphatic hydroxyl groups is 1. The van der Waals surface area contributed by atoms with Gasteiger partial charge >= 0.3 is 5.69 Å². The number of rotatable bonds is 7. The number of aromatic hydroxyl groups is 1. The van der Waals surface area contributed by atoms with E-state index in [0.29, 0.717) is 17.7 Å². The lowest BCUT2D eigenvalue weighted by atomic mass is 10.1. The number of nitro benzene ring substituents is 1. The lowest BCUT2D eigenvalue weighted by molar-refractivity contribution is -0.384. The third-order valence-corrected chi connectivity index (χ3v) is 5.26. The normalized spacial score (nSPS) is 12.2. The summed E-state index contributed by atoms with van der Waals surface area (Å²) >= 11 is 3.36. The fourth-order valence-electron chi connectivity index (χ4n) is 3.10. The molecule has 0 unspecified atom stereocenters. The number of aliphatic imine (C=N–C) groups is 1. The highest BCUT2D eigenvalue weighted by atomic mass is 79.9. The van der Waals surface area contributed by atoms with Crippen molar-refractivity contribution < 1.29 is 15.1 Å². The topological polar surface area (TPSA) is 151 Å². The Hall–Kier alpha value is -3.57. The van der Waals surface area contributed by atoms with Crippen LogP contribution in [-0.4, -0.2) is 37.4 Å². The summed E-state index contributed by atoms with van der Waals surface area (Å²) < 4.78 is 1.79. The van der Waals surface area contributed by atoms with Crippen LogP contribution in [-0.2, 0) is 6.42 Å². The molecule has 166 valence electrons. The minimum absolute atomic E-state index is 0.109. The number of benzene rings is 2. The van der Waals surface area contributed by atoms with Gasteiger partial charge in [-0.05, 0) is 47.9 Å². The monoisotopic (exact) mass is 502 g/mol. The van der Waals surface area contributed by atoms with E-state index in [1.807, 2.05) is 6.92 Å². The van der Waals surface area contributed by atoms with Crippen LogP contribution in [0.15, 0.2) is 61.5 Å². The summed E-state index contributed by atoms with van der Waals surface area (Å²) in [5.41, 5.74) is -0.401. The molecule has 0 saturated heterocycles. The van der Waals surface area contributed by atoms with Gasteiger partial charge in [-0.1, -0.05) is 22.9 Å². The number of nitrogens with zero attached hydrogens (tertiary/aromatic N) is 3. The lowest BCUT2D eigenvalue weighted by Gasteiger charge is -2.14. The van der Waals surface area contributed by atoms with Gasteiger partial charge in [0.25, 0.3) is 11.2 Å². The minimum atomic E-state index is -1.09. The molecule has 0 amide bonds. The van der Waals surface area contributed by atoms with Crippen LogP contribution in [0.2, 0.25) is 0 Å². The van der Waals surface area contributed by atoms with E-state index in [1.54, 1.807) is 18.2 Å². The van der Waals surface area contributed by atoms with Crippen molar-refractivity contribution in [2.75, 3.05) is 6.54 Å². The third-order valence-electron chi connectivity index (χ3n) is 4.77. The number of aromatic amines is 1. The average molecular weight is 503 g/mol. The number of nitrogens with one attached hydrogen (secondary N) is 1. The largest absolute Gasteiger partial charge is 0.493 e. The Morgan fingerprint density at radius 3 is 2.56 bits per heavy atom. The zero-order chi connectivity index (χ0) is 23.4. The second-order valence-corrected chi connectivity index (χ2v) is 7.73. The molecule has 1 heterocycles. The van der Waals surface area contributed by atoms with Crippen LogP contribution in [0.25, 0.3) is 5.69 Å². The quantitative estimate of drug-likeness (QED) is 0.256. The maximum atomic E-state index is 12.4. The zero-order valence-corrected chi connectivity index (χ0v) is 18.4. The van der Waals surface area contributed by atoms with E-state index in [1.165, 1.54) is 24.3 Å². The van der Waals surface area contributed by atoms with Crippen LogP contribution in [0.3, 0.4) is 0 Å². The Bertz CT molecular complexity index is 1300. The SMILES string of the molecule is CCc1cc(Br)ccc1-n1c(O)c(C=NC[C@H](O)c2ccc([N+](=O)[O-])cc2)c(=O)[nH]c1=O. The molecular formula is C21H19BrN4O6. The summed E-state index contributed by atoms with van der Waals surface area (Å²) in [7, 11) is 0. The summed E-state index contributed by atoms with van der Waals surface area (Å²) in [5, 5.41) is 31.6. The van der Waals surface area contributed by atoms with Crippen molar-refractivity contribution in [2.24, 2.45) is 4.99 Å². The number of halogens is 1. The second kappa shape index (κ2) is 9.71. The van der Waals surface area contributed by atoms with Crippen LogP contribution in [0.1, 0.15) is 29.7 Å². The highest BCUT2D eigenvalue weighted by molar-refractivity contribution is 9.10. The Balaban J connectivity index is 1.91. The van der Waals surface area contributed by atoms with Gasteiger partial charge in [-0.2, -0.15) is 0 Å². The summed E-state index contributed by atoms with van der Waals surface area (Å²) in [6.07, 6.45) is 0.561. The van der Waals surface area contributed by atoms with Gasteiger partial charge in [-0.3, -0.25) is 24.9 Å². The second-order valence-electron chi connectivity index (χ2n) is 6.82. The van der Waals surface area contributed by atoms with Gasteiger partial charge in [0.15, 0.2) is 0 Å². The fourth-order valence-corrected chi connectivity index (χ4v) is 3.51. The molecule has 0 aliphatic heterocycles. The maximum Gasteiger partial charge on any atom is 0.335 e. The molecule has 1 atom stereocenters. The first-order chi connectivity index (χ1) is 15.2. The van der Waals surface area contributed by atoms with Gasteiger partial charge < -0.3 is 10.2 Å². The van der Waals surface area contributed by atoms with Crippen molar-refractivity contribution in [3.05, 3.63) is 94.6 Å². The number of nitro groups is 1. The molecule has 2 aromatic carbocycles. The molecule has 11 heteroatoms. The van der Waals surface area contributed by atoms with Crippen LogP contribution >= 0.6 is 15.9 Å².